The third kappa shape index (κ3) is 1.57. The Hall–Kier alpha value is -2.25. The second kappa shape index (κ2) is 3.90. The maximum atomic E-state index is 11.7. The number of hydrogen-bond acceptors (Lipinski definition) is 5. The van der Waals surface area contributed by atoms with Crippen molar-refractivity contribution >= 4 is 17.5 Å². The van der Waals surface area contributed by atoms with Crippen LogP contribution in [-0.4, -0.2) is 40.4 Å². The Morgan fingerprint density at radius 2 is 2.00 bits per heavy atom. The summed E-state index contributed by atoms with van der Waals surface area (Å²) in [5.41, 5.74) is -0.752. The van der Waals surface area contributed by atoms with Gasteiger partial charge in [-0.25, -0.2) is 9.59 Å². The van der Waals surface area contributed by atoms with Crippen LogP contribution in [0.25, 0.3) is 0 Å². The number of nitrogens with zero attached hydrogens (tertiary/aromatic N) is 3. The summed E-state index contributed by atoms with van der Waals surface area (Å²) in [6, 6.07) is -0.818. The molecule has 1 aliphatic rings. The molecule has 0 saturated carbocycles. The number of anilines is 2. The molecule has 0 spiro atoms. The fraction of sp³-hybridized carbons (Fsp3) is 0.500. The van der Waals surface area contributed by atoms with Crippen molar-refractivity contribution in [2.24, 2.45) is 7.05 Å². The van der Waals surface area contributed by atoms with Crippen molar-refractivity contribution in [3.63, 3.8) is 0 Å². The van der Waals surface area contributed by atoms with Gasteiger partial charge < -0.3 is 14.9 Å². The number of nitrogens with one attached hydrogen (secondary N) is 1. The van der Waals surface area contributed by atoms with Crippen LogP contribution in [0.5, 0.6) is 0 Å². The molecule has 0 fully saturated rings. The molecular weight excluding hydrogens is 240 g/mol. The molecule has 8 heteroatoms. The highest BCUT2D eigenvalue weighted by Crippen LogP contribution is 2.31. The summed E-state index contributed by atoms with van der Waals surface area (Å²) in [6.45, 7) is 1.76. The van der Waals surface area contributed by atoms with Crippen LogP contribution in [0.2, 0.25) is 0 Å². The number of aliphatic carboxylic acids is 1. The number of hydrogen-bond donors (Lipinski definition) is 2. The molecule has 0 amide bonds. The van der Waals surface area contributed by atoms with Gasteiger partial charge in [0.2, 0.25) is 0 Å². The van der Waals surface area contributed by atoms with Gasteiger partial charge in [-0.05, 0) is 6.92 Å². The SMILES string of the molecule is CC(C(=O)O)N1CN(C)c2c1n(C)c(=O)[nH]c2=O. The quantitative estimate of drug-likeness (QED) is 0.685. The molecule has 0 radical (unpaired) electrons. The smallest absolute Gasteiger partial charge is 0.329 e. The van der Waals surface area contributed by atoms with Crippen molar-refractivity contribution in [2.45, 2.75) is 13.0 Å². The molecule has 0 bridgehead atoms. The van der Waals surface area contributed by atoms with Gasteiger partial charge in [0.25, 0.3) is 5.56 Å². The van der Waals surface area contributed by atoms with Gasteiger partial charge in [-0.15, -0.1) is 0 Å². The third-order valence-corrected chi connectivity index (χ3v) is 3.11. The summed E-state index contributed by atoms with van der Waals surface area (Å²) < 4.78 is 1.25. The molecule has 2 rings (SSSR count). The molecule has 0 saturated heterocycles. The minimum atomic E-state index is -1.01. The lowest BCUT2D eigenvalue weighted by Gasteiger charge is -2.24. The lowest BCUT2D eigenvalue weighted by molar-refractivity contribution is -0.138. The molecule has 98 valence electrons. The molecule has 0 aliphatic carbocycles. The third-order valence-electron chi connectivity index (χ3n) is 3.11. The van der Waals surface area contributed by atoms with Gasteiger partial charge >= 0.3 is 11.7 Å². The van der Waals surface area contributed by atoms with E-state index >= 15 is 0 Å². The highest BCUT2D eigenvalue weighted by molar-refractivity contribution is 5.82. The van der Waals surface area contributed by atoms with Crippen molar-refractivity contribution in [2.75, 3.05) is 23.5 Å². The summed E-state index contributed by atoms with van der Waals surface area (Å²) in [6.07, 6.45) is 0. The Bertz CT molecular complexity index is 617. The number of rotatable bonds is 2. The number of H-pyrrole nitrogens is 1. The average Bonchev–Trinajstić information content (AvgIpc) is 2.63. The van der Waals surface area contributed by atoms with Crippen LogP contribution in [0.4, 0.5) is 11.5 Å². The molecule has 1 aliphatic heterocycles. The average molecular weight is 254 g/mol. The zero-order valence-corrected chi connectivity index (χ0v) is 10.3. The number of carbonyl (C=O) groups is 1. The lowest BCUT2D eigenvalue weighted by Crippen LogP contribution is -2.42. The van der Waals surface area contributed by atoms with Crippen LogP contribution in [0.1, 0.15) is 6.92 Å². The molecule has 18 heavy (non-hydrogen) atoms. The zero-order chi connectivity index (χ0) is 13.6. The van der Waals surface area contributed by atoms with E-state index in [1.807, 2.05) is 0 Å². The molecule has 0 aromatic carbocycles. The van der Waals surface area contributed by atoms with E-state index < -0.39 is 23.3 Å². The van der Waals surface area contributed by atoms with Crippen molar-refractivity contribution in [1.82, 2.24) is 9.55 Å². The van der Waals surface area contributed by atoms with E-state index in [1.54, 1.807) is 11.9 Å². The highest BCUT2D eigenvalue weighted by atomic mass is 16.4. The second-order valence-electron chi connectivity index (χ2n) is 4.31. The predicted molar refractivity (Wildman–Crippen MR) is 65.2 cm³/mol. The van der Waals surface area contributed by atoms with E-state index in [9.17, 15) is 14.4 Å². The highest BCUT2D eigenvalue weighted by Gasteiger charge is 2.34. The maximum Gasteiger partial charge on any atom is 0.329 e. The van der Waals surface area contributed by atoms with Crippen molar-refractivity contribution in [3.05, 3.63) is 20.8 Å². The molecule has 1 aromatic rings. The lowest BCUT2D eigenvalue weighted by atomic mass is 10.3. The van der Waals surface area contributed by atoms with Gasteiger partial charge in [-0.1, -0.05) is 0 Å². The van der Waals surface area contributed by atoms with Crippen LogP contribution in [0, 0.1) is 0 Å². The standard InChI is InChI=1S/C10H14N4O4/c1-5(9(16)17)14-4-12(2)6-7(15)11-10(18)13(3)8(6)14/h5H,4H2,1-3H3,(H,16,17)(H,11,15,18). The van der Waals surface area contributed by atoms with E-state index in [0.29, 0.717) is 11.5 Å². The summed E-state index contributed by atoms with van der Waals surface area (Å²) in [7, 11) is 3.17. The summed E-state index contributed by atoms with van der Waals surface area (Å²) in [5, 5.41) is 9.05. The molecule has 2 heterocycles. The molecule has 8 nitrogen and oxygen atoms in total. The van der Waals surface area contributed by atoms with E-state index in [1.165, 1.54) is 23.4 Å². The largest absolute Gasteiger partial charge is 0.480 e. The second-order valence-corrected chi connectivity index (χ2v) is 4.31. The van der Waals surface area contributed by atoms with E-state index in [0.717, 1.165) is 0 Å². The normalized spacial score (nSPS) is 15.7. The van der Waals surface area contributed by atoms with Crippen molar-refractivity contribution in [1.29, 1.82) is 0 Å². The first kappa shape index (κ1) is 12.2. The number of aromatic amines is 1. The fourth-order valence-electron chi connectivity index (χ4n) is 2.07. The molecule has 1 aromatic heterocycles. The Morgan fingerprint density at radius 1 is 1.39 bits per heavy atom. The Labute approximate surface area is 102 Å². The fourth-order valence-corrected chi connectivity index (χ4v) is 2.07. The van der Waals surface area contributed by atoms with E-state index in [-0.39, 0.29) is 6.67 Å². The number of fused-ring (bicyclic) bond motifs is 1. The van der Waals surface area contributed by atoms with Crippen molar-refractivity contribution in [3.8, 4) is 0 Å². The summed E-state index contributed by atoms with van der Waals surface area (Å²) in [4.78, 5) is 39.7. The van der Waals surface area contributed by atoms with Crippen LogP contribution >= 0.6 is 0 Å². The van der Waals surface area contributed by atoms with Gasteiger partial charge in [0, 0.05) is 14.1 Å². The first-order valence-electron chi connectivity index (χ1n) is 5.38. The Morgan fingerprint density at radius 3 is 2.56 bits per heavy atom. The topological polar surface area (TPSA) is 98.6 Å². The monoisotopic (exact) mass is 254 g/mol. The van der Waals surface area contributed by atoms with Gasteiger partial charge in [0.05, 0.1) is 6.67 Å². The van der Waals surface area contributed by atoms with E-state index in [4.69, 9.17) is 5.11 Å². The first-order chi connectivity index (χ1) is 8.34. The summed E-state index contributed by atoms with van der Waals surface area (Å²) in [5.74, 6) is -0.676. The molecule has 2 N–H and O–H groups in total. The zero-order valence-electron chi connectivity index (χ0n) is 10.3. The van der Waals surface area contributed by atoms with Gasteiger partial charge in [-0.3, -0.25) is 14.3 Å². The minimum absolute atomic E-state index is 0.253. The molecular formula is C10H14N4O4. The Kier molecular flexibility index (Phi) is 2.64. The first-order valence-corrected chi connectivity index (χ1v) is 5.38. The van der Waals surface area contributed by atoms with Crippen LogP contribution in [0.15, 0.2) is 9.59 Å². The van der Waals surface area contributed by atoms with Crippen molar-refractivity contribution < 1.29 is 9.90 Å². The Balaban J connectivity index is 2.68. The van der Waals surface area contributed by atoms with Crippen LogP contribution in [0.3, 0.4) is 0 Å². The van der Waals surface area contributed by atoms with Gasteiger partial charge in [0.1, 0.15) is 17.5 Å². The maximum absolute atomic E-state index is 11.7. The van der Waals surface area contributed by atoms with Crippen LogP contribution < -0.4 is 21.0 Å². The predicted octanol–water partition coefficient (Wildman–Crippen LogP) is -1.24. The number of aromatic nitrogens is 2. The minimum Gasteiger partial charge on any atom is -0.480 e. The number of carboxylic acid groups (broad SMARTS) is 1. The van der Waals surface area contributed by atoms with Gasteiger partial charge in [-0.2, -0.15) is 0 Å². The van der Waals surface area contributed by atoms with E-state index in [2.05, 4.69) is 4.98 Å². The summed E-state index contributed by atoms with van der Waals surface area (Å²) >= 11 is 0. The molecule has 1 unspecified atom stereocenters. The molecule has 1 atom stereocenters. The van der Waals surface area contributed by atoms with Crippen LogP contribution in [-0.2, 0) is 11.8 Å². The number of carboxylic acids is 1. The van der Waals surface area contributed by atoms with Gasteiger partial charge in [0.15, 0.2) is 0 Å².